The van der Waals surface area contributed by atoms with Crippen molar-refractivity contribution in [2.75, 3.05) is 18.0 Å². The van der Waals surface area contributed by atoms with Gasteiger partial charge in [-0.05, 0) is 49.3 Å². The van der Waals surface area contributed by atoms with Crippen molar-refractivity contribution in [1.82, 2.24) is 0 Å². The standard InChI is InChI=1S/C16H26N2/c1-12-9-14(10-13(2)17)5-6-15(12)18-8-7-16(3,4)11-18/h5-6,9,13H,7-8,10-11,17H2,1-4H3. The largest absolute Gasteiger partial charge is 0.371 e. The molecule has 18 heavy (non-hydrogen) atoms. The fraction of sp³-hybridized carbons (Fsp3) is 0.625. The van der Waals surface area contributed by atoms with Crippen LogP contribution in [0.15, 0.2) is 18.2 Å². The third-order valence-corrected chi connectivity index (χ3v) is 3.84. The first-order valence-electron chi connectivity index (χ1n) is 6.97. The van der Waals surface area contributed by atoms with Gasteiger partial charge in [0.25, 0.3) is 0 Å². The van der Waals surface area contributed by atoms with Gasteiger partial charge in [-0.1, -0.05) is 26.0 Å². The van der Waals surface area contributed by atoms with Crippen molar-refractivity contribution in [3.63, 3.8) is 0 Å². The zero-order valence-corrected chi connectivity index (χ0v) is 12.2. The molecule has 1 unspecified atom stereocenters. The zero-order valence-electron chi connectivity index (χ0n) is 12.2. The summed E-state index contributed by atoms with van der Waals surface area (Å²) in [5.74, 6) is 0. The number of aryl methyl sites for hydroxylation is 1. The molecular formula is C16H26N2. The molecule has 2 heteroatoms. The van der Waals surface area contributed by atoms with Crippen molar-refractivity contribution in [3.05, 3.63) is 29.3 Å². The van der Waals surface area contributed by atoms with Gasteiger partial charge < -0.3 is 10.6 Å². The number of rotatable bonds is 3. The number of nitrogens with zero attached hydrogens (tertiary/aromatic N) is 1. The Morgan fingerprint density at radius 1 is 1.39 bits per heavy atom. The van der Waals surface area contributed by atoms with Crippen LogP contribution in [0.5, 0.6) is 0 Å². The van der Waals surface area contributed by atoms with Crippen LogP contribution in [0.25, 0.3) is 0 Å². The highest BCUT2D eigenvalue weighted by Crippen LogP contribution is 2.34. The predicted octanol–water partition coefficient (Wildman–Crippen LogP) is 3.12. The Morgan fingerprint density at radius 2 is 2.11 bits per heavy atom. The molecule has 100 valence electrons. The Morgan fingerprint density at radius 3 is 2.61 bits per heavy atom. The van der Waals surface area contributed by atoms with Crippen molar-refractivity contribution in [1.29, 1.82) is 0 Å². The summed E-state index contributed by atoms with van der Waals surface area (Å²) in [6.45, 7) is 11.3. The highest BCUT2D eigenvalue weighted by molar-refractivity contribution is 5.55. The minimum Gasteiger partial charge on any atom is -0.371 e. The van der Waals surface area contributed by atoms with E-state index in [1.54, 1.807) is 0 Å². The SMILES string of the molecule is Cc1cc(CC(C)N)ccc1N1CCC(C)(C)C1. The van der Waals surface area contributed by atoms with Crippen molar-refractivity contribution >= 4 is 5.69 Å². The quantitative estimate of drug-likeness (QED) is 0.888. The van der Waals surface area contributed by atoms with E-state index in [1.807, 2.05) is 0 Å². The van der Waals surface area contributed by atoms with Gasteiger partial charge in [0.05, 0.1) is 0 Å². The van der Waals surface area contributed by atoms with Gasteiger partial charge in [-0.2, -0.15) is 0 Å². The Kier molecular flexibility index (Phi) is 3.67. The van der Waals surface area contributed by atoms with Crippen molar-refractivity contribution in [2.45, 2.75) is 46.6 Å². The number of hydrogen-bond donors (Lipinski definition) is 1. The molecule has 0 aromatic heterocycles. The molecule has 0 aliphatic carbocycles. The lowest BCUT2D eigenvalue weighted by Crippen LogP contribution is -2.23. The van der Waals surface area contributed by atoms with Crippen molar-refractivity contribution in [3.8, 4) is 0 Å². The monoisotopic (exact) mass is 246 g/mol. The van der Waals surface area contributed by atoms with E-state index in [1.165, 1.54) is 36.3 Å². The van der Waals surface area contributed by atoms with E-state index in [0.29, 0.717) is 5.41 Å². The third kappa shape index (κ3) is 3.05. The predicted molar refractivity (Wildman–Crippen MR) is 79.1 cm³/mol. The molecule has 0 saturated carbocycles. The summed E-state index contributed by atoms with van der Waals surface area (Å²) >= 11 is 0. The van der Waals surface area contributed by atoms with Gasteiger partial charge in [-0.3, -0.25) is 0 Å². The number of benzene rings is 1. The lowest BCUT2D eigenvalue weighted by atomic mass is 9.93. The van der Waals surface area contributed by atoms with Gasteiger partial charge in [0.2, 0.25) is 0 Å². The average Bonchev–Trinajstić information content (AvgIpc) is 2.58. The maximum absolute atomic E-state index is 5.86. The second kappa shape index (κ2) is 4.93. The molecule has 1 aliphatic rings. The van der Waals surface area contributed by atoms with Gasteiger partial charge in [0.15, 0.2) is 0 Å². The second-order valence-corrected chi connectivity index (χ2v) is 6.64. The molecule has 2 N–H and O–H groups in total. The molecule has 2 rings (SSSR count). The van der Waals surface area contributed by atoms with E-state index in [4.69, 9.17) is 5.73 Å². The van der Waals surface area contributed by atoms with E-state index >= 15 is 0 Å². The zero-order chi connectivity index (χ0) is 13.3. The first-order chi connectivity index (χ1) is 8.37. The first-order valence-corrected chi connectivity index (χ1v) is 6.97. The molecule has 2 nitrogen and oxygen atoms in total. The fourth-order valence-corrected chi connectivity index (χ4v) is 2.89. The Hall–Kier alpha value is -1.02. The van der Waals surface area contributed by atoms with Crippen LogP contribution in [0.2, 0.25) is 0 Å². The van der Waals surface area contributed by atoms with E-state index in [9.17, 15) is 0 Å². The van der Waals surface area contributed by atoms with E-state index in [2.05, 4.69) is 50.8 Å². The summed E-state index contributed by atoms with van der Waals surface area (Å²) in [5, 5.41) is 0. The summed E-state index contributed by atoms with van der Waals surface area (Å²) in [4.78, 5) is 2.52. The van der Waals surface area contributed by atoms with E-state index in [-0.39, 0.29) is 6.04 Å². The maximum Gasteiger partial charge on any atom is 0.0396 e. The molecule has 1 fully saturated rings. The molecule has 1 aromatic rings. The van der Waals surface area contributed by atoms with Crippen LogP contribution in [-0.4, -0.2) is 19.1 Å². The summed E-state index contributed by atoms with van der Waals surface area (Å²) < 4.78 is 0. The molecule has 0 radical (unpaired) electrons. The van der Waals surface area contributed by atoms with Crippen LogP contribution in [0, 0.1) is 12.3 Å². The number of hydrogen-bond acceptors (Lipinski definition) is 2. The normalized spacial score (nSPS) is 20.2. The minimum absolute atomic E-state index is 0.237. The molecule has 0 bridgehead atoms. The van der Waals surface area contributed by atoms with Crippen LogP contribution in [0.1, 0.15) is 38.3 Å². The molecule has 1 saturated heterocycles. The van der Waals surface area contributed by atoms with Crippen molar-refractivity contribution < 1.29 is 0 Å². The second-order valence-electron chi connectivity index (χ2n) is 6.64. The summed E-state index contributed by atoms with van der Waals surface area (Å²) in [5.41, 5.74) is 10.4. The molecule has 1 aromatic carbocycles. The Bertz CT molecular complexity index is 421. The summed E-state index contributed by atoms with van der Waals surface area (Å²) in [6, 6.07) is 7.04. The third-order valence-electron chi connectivity index (χ3n) is 3.84. The lowest BCUT2D eigenvalue weighted by Gasteiger charge is -2.24. The molecule has 0 amide bonds. The van der Waals surface area contributed by atoms with E-state index < -0.39 is 0 Å². The summed E-state index contributed by atoms with van der Waals surface area (Å²) in [6.07, 6.45) is 2.25. The molecule has 0 spiro atoms. The van der Waals surface area contributed by atoms with Gasteiger partial charge in [-0.15, -0.1) is 0 Å². The molecule has 1 heterocycles. The smallest absolute Gasteiger partial charge is 0.0396 e. The average molecular weight is 246 g/mol. The summed E-state index contributed by atoms with van der Waals surface area (Å²) in [7, 11) is 0. The molecule has 1 atom stereocenters. The number of anilines is 1. The molecular weight excluding hydrogens is 220 g/mol. The first kappa shape index (κ1) is 13.4. The van der Waals surface area contributed by atoms with Gasteiger partial charge in [-0.25, -0.2) is 0 Å². The maximum atomic E-state index is 5.86. The van der Waals surface area contributed by atoms with Crippen molar-refractivity contribution in [2.24, 2.45) is 11.1 Å². The minimum atomic E-state index is 0.237. The molecule has 1 aliphatic heterocycles. The fourth-order valence-electron chi connectivity index (χ4n) is 2.89. The number of nitrogens with two attached hydrogens (primary N) is 1. The lowest BCUT2D eigenvalue weighted by molar-refractivity contribution is 0.418. The van der Waals surface area contributed by atoms with Gasteiger partial charge in [0, 0.05) is 24.8 Å². The van der Waals surface area contributed by atoms with Gasteiger partial charge in [0.1, 0.15) is 0 Å². The van der Waals surface area contributed by atoms with Crippen LogP contribution >= 0.6 is 0 Å². The highest BCUT2D eigenvalue weighted by atomic mass is 15.2. The van der Waals surface area contributed by atoms with Crippen LogP contribution in [-0.2, 0) is 6.42 Å². The van der Waals surface area contributed by atoms with Gasteiger partial charge >= 0.3 is 0 Å². The Balaban J connectivity index is 2.15. The highest BCUT2D eigenvalue weighted by Gasteiger charge is 2.29. The Labute approximate surface area is 111 Å². The van der Waals surface area contributed by atoms with Crippen LogP contribution in [0.4, 0.5) is 5.69 Å². The topological polar surface area (TPSA) is 29.3 Å². The van der Waals surface area contributed by atoms with Crippen LogP contribution < -0.4 is 10.6 Å². The van der Waals surface area contributed by atoms with E-state index in [0.717, 1.165) is 6.42 Å². The van der Waals surface area contributed by atoms with Crippen LogP contribution in [0.3, 0.4) is 0 Å².